The van der Waals surface area contributed by atoms with E-state index in [9.17, 15) is 40.7 Å². The Morgan fingerprint density at radius 2 is 1.53 bits per heavy atom. The number of hydrogen-bond donors (Lipinski definition) is 3. The van der Waals surface area contributed by atoms with Crippen LogP contribution in [0.3, 0.4) is 0 Å². The number of hydrogen-bond acceptors (Lipinski definition) is 4. The number of nitrogens with zero attached hydrogens (tertiary/aromatic N) is 1. The van der Waals surface area contributed by atoms with E-state index in [0.717, 1.165) is 5.56 Å². The molecule has 1 saturated heterocycles. The summed E-state index contributed by atoms with van der Waals surface area (Å²) in [6.45, 7) is -0.391. The zero-order chi connectivity index (χ0) is 28.1. The molecule has 0 aliphatic carbocycles. The summed E-state index contributed by atoms with van der Waals surface area (Å²) in [4.78, 5) is 37.7. The van der Waals surface area contributed by atoms with Crippen LogP contribution in [0.2, 0.25) is 0 Å². The van der Waals surface area contributed by atoms with E-state index in [-0.39, 0.29) is 45.0 Å². The van der Waals surface area contributed by atoms with Crippen LogP contribution in [0.15, 0.2) is 48.5 Å². The molecular weight excluding hydrogens is 518 g/mol. The fraction of sp³-hybridized carbons (Fsp3) is 0.400. The number of carbonyl (C=O) groups excluding carboxylic acids is 3. The number of likely N-dealkylation sites (tertiary alicyclic amines) is 1. The predicted molar refractivity (Wildman–Crippen MR) is 125 cm³/mol. The normalized spacial score (nSPS) is 18.2. The molecule has 7 nitrogen and oxygen atoms in total. The van der Waals surface area contributed by atoms with Gasteiger partial charge in [-0.3, -0.25) is 19.7 Å². The number of alkyl halides is 6. The molecular formula is C25H26F6N4O3. The molecule has 1 aliphatic rings. The molecule has 3 amide bonds. The van der Waals surface area contributed by atoms with E-state index < -0.39 is 58.8 Å². The zero-order valence-electron chi connectivity index (χ0n) is 20.0. The van der Waals surface area contributed by atoms with E-state index >= 15 is 0 Å². The Kier molecular flexibility index (Phi) is 9.02. The van der Waals surface area contributed by atoms with Crippen LogP contribution in [-0.4, -0.2) is 54.3 Å². The quantitative estimate of drug-likeness (QED) is 0.445. The molecule has 0 spiro atoms. The number of nitrogens with two attached hydrogens (primary N) is 1. The highest BCUT2D eigenvalue weighted by molar-refractivity contribution is 5.95. The molecule has 1 heterocycles. The summed E-state index contributed by atoms with van der Waals surface area (Å²) in [5.41, 5.74) is 1.96. The monoisotopic (exact) mass is 544 g/mol. The molecule has 0 saturated carbocycles. The van der Waals surface area contributed by atoms with E-state index in [1.54, 1.807) is 30.3 Å². The Labute approximate surface area is 214 Å². The maximum atomic E-state index is 13.3. The van der Waals surface area contributed by atoms with Crippen molar-refractivity contribution < 1.29 is 40.7 Å². The molecule has 0 aromatic heterocycles. The summed E-state index contributed by atoms with van der Waals surface area (Å²) in [7, 11) is 0. The lowest BCUT2D eigenvalue weighted by atomic mass is 9.91. The molecule has 0 radical (unpaired) electrons. The number of nitrogens with one attached hydrogen (secondary N) is 2. The van der Waals surface area contributed by atoms with Gasteiger partial charge >= 0.3 is 12.4 Å². The van der Waals surface area contributed by atoms with Crippen molar-refractivity contribution in [3.63, 3.8) is 0 Å². The zero-order valence-corrected chi connectivity index (χ0v) is 20.0. The highest BCUT2D eigenvalue weighted by atomic mass is 19.4. The molecule has 0 bridgehead atoms. The topological polar surface area (TPSA) is 105 Å². The highest BCUT2D eigenvalue weighted by Crippen LogP contribution is 2.37. The summed E-state index contributed by atoms with van der Waals surface area (Å²) in [5, 5.41) is 5.35. The van der Waals surface area contributed by atoms with Gasteiger partial charge in [-0.1, -0.05) is 30.3 Å². The van der Waals surface area contributed by atoms with E-state index in [4.69, 9.17) is 5.73 Å². The van der Waals surface area contributed by atoms with Crippen LogP contribution in [0.4, 0.5) is 26.3 Å². The van der Waals surface area contributed by atoms with Gasteiger partial charge in [0.2, 0.25) is 11.8 Å². The molecule has 0 unspecified atom stereocenters. The van der Waals surface area contributed by atoms with Crippen LogP contribution in [0.1, 0.15) is 39.9 Å². The smallest absolute Gasteiger partial charge is 0.369 e. The largest absolute Gasteiger partial charge is 0.416 e. The summed E-state index contributed by atoms with van der Waals surface area (Å²) in [6.07, 6.45) is -9.46. The number of benzene rings is 2. The Bertz CT molecular complexity index is 1120. The minimum Gasteiger partial charge on any atom is -0.369 e. The third-order valence-electron chi connectivity index (χ3n) is 6.08. The third-order valence-corrected chi connectivity index (χ3v) is 6.08. The van der Waals surface area contributed by atoms with Crippen LogP contribution >= 0.6 is 0 Å². The average Bonchev–Trinajstić information content (AvgIpc) is 2.83. The second-order valence-corrected chi connectivity index (χ2v) is 9.00. The maximum Gasteiger partial charge on any atom is 0.416 e. The van der Waals surface area contributed by atoms with Gasteiger partial charge in [0.1, 0.15) is 0 Å². The Balaban J connectivity index is 1.85. The molecule has 1 fully saturated rings. The summed E-state index contributed by atoms with van der Waals surface area (Å²) >= 11 is 0. The average molecular weight is 544 g/mol. The highest BCUT2D eigenvalue weighted by Gasteiger charge is 2.39. The first-order chi connectivity index (χ1) is 17.7. The Hall–Kier alpha value is -3.61. The number of carbonyl (C=O) groups is 3. The first-order valence-corrected chi connectivity index (χ1v) is 11.7. The van der Waals surface area contributed by atoms with Crippen molar-refractivity contribution in [1.82, 2.24) is 15.5 Å². The van der Waals surface area contributed by atoms with Gasteiger partial charge in [-0.15, -0.1) is 0 Å². The molecule has 2 aromatic rings. The molecule has 2 atom stereocenters. The van der Waals surface area contributed by atoms with Crippen molar-refractivity contribution >= 4 is 17.7 Å². The second-order valence-electron chi connectivity index (χ2n) is 9.00. The number of amides is 3. The van der Waals surface area contributed by atoms with Gasteiger partial charge in [0.15, 0.2) is 0 Å². The van der Waals surface area contributed by atoms with Crippen LogP contribution in [0.5, 0.6) is 0 Å². The van der Waals surface area contributed by atoms with E-state index in [1.807, 2.05) is 0 Å². The lowest BCUT2D eigenvalue weighted by molar-refractivity contribution is -0.143. The molecule has 38 heavy (non-hydrogen) atoms. The van der Waals surface area contributed by atoms with Crippen LogP contribution < -0.4 is 16.4 Å². The van der Waals surface area contributed by atoms with Crippen molar-refractivity contribution in [2.45, 2.75) is 43.7 Å². The van der Waals surface area contributed by atoms with Crippen molar-refractivity contribution in [2.75, 3.05) is 19.6 Å². The van der Waals surface area contributed by atoms with Crippen LogP contribution in [-0.2, 0) is 28.4 Å². The van der Waals surface area contributed by atoms with Gasteiger partial charge in [-0.2, -0.15) is 26.3 Å². The first kappa shape index (κ1) is 29.0. The number of piperidine rings is 1. The number of primary amides is 1. The number of halogens is 6. The molecule has 13 heteroatoms. The molecule has 206 valence electrons. The van der Waals surface area contributed by atoms with Crippen molar-refractivity contribution in [2.24, 2.45) is 5.73 Å². The van der Waals surface area contributed by atoms with Gasteiger partial charge in [-0.25, -0.2) is 0 Å². The predicted octanol–water partition coefficient (Wildman–Crippen LogP) is 3.13. The van der Waals surface area contributed by atoms with Crippen molar-refractivity contribution in [1.29, 1.82) is 0 Å². The lowest BCUT2D eigenvalue weighted by Gasteiger charge is -2.40. The van der Waals surface area contributed by atoms with Gasteiger partial charge in [0.05, 0.1) is 24.2 Å². The minimum absolute atomic E-state index is 0.00636. The lowest BCUT2D eigenvalue weighted by Crippen LogP contribution is -2.53. The van der Waals surface area contributed by atoms with Crippen molar-refractivity contribution in [3.8, 4) is 0 Å². The fourth-order valence-electron chi connectivity index (χ4n) is 4.35. The minimum atomic E-state index is -5.08. The van der Waals surface area contributed by atoms with Crippen molar-refractivity contribution in [3.05, 3.63) is 70.8 Å². The summed E-state index contributed by atoms with van der Waals surface area (Å²) in [5.74, 6) is -2.03. The number of rotatable bonds is 8. The third kappa shape index (κ3) is 7.94. The van der Waals surface area contributed by atoms with Gasteiger partial charge in [0, 0.05) is 24.2 Å². The van der Waals surface area contributed by atoms with E-state index in [1.165, 1.54) is 4.90 Å². The second kappa shape index (κ2) is 11.8. The maximum absolute atomic E-state index is 13.3. The molecule has 3 rings (SSSR count). The Morgan fingerprint density at radius 3 is 2.08 bits per heavy atom. The van der Waals surface area contributed by atoms with Gasteiger partial charge in [0.25, 0.3) is 5.91 Å². The first-order valence-electron chi connectivity index (χ1n) is 11.7. The fourth-order valence-corrected chi connectivity index (χ4v) is 4.35. The summed E-state index contributed by atoms with van der Waals surface area (Å²) < 4.78 is 80.1. The Morgan fingerprint density at radius 1 is 0.921 bits per heavy atom. The SMILES string of the molecule is NC(=O)CNCC(=O)N[C@H]1CCN(C(=O)c2cc(C(F)(F)F)cc(C(F)(F)F)c2)[C@H](Cc2ccccc2)C1. The molecule has 2 aromatic carbocycles. The van der Waals surface area contributed by atoms with Crippen LogP contribution in [0, 0.1) is 0 Å². The molecule has 4 N–H and O–H groups in total. The van der Waals surface area contributed by atoms with Gasteiger partial charge < -0.3 is 16.0 Å². The van der Waals surface area contributed by atoms with E-state index in [0.29, 0.717) is 12.1 Å². The van der Waals surface area contributed by atoms with E-state index in [2.05, 4.69) is 10.6 Å². The summed E-state index contributed by atoms with van der Waals surface area (Å²) in [6, 6.07) is 8.66. The standard InChI is InChI=1S/C25H26F6N4O3/c26-24(27,28)17-9-16(10-18(11-17)25(29,30)31)23(38)35-7-6-19(34-22(37)14-33-13-21(32)36)12-20(35)8-15-4-2-1-3-5-15/h1-5,9-11,19-20,33H,6-8,12-14H2,(H2,32,36)(H,34,37)/t19-,20+/m0/s1. The molecule has 1 aliphatic heterocycles. The van der Waals surface area contributed by atoms with Gasteiger partial charge in [-0.05, 0) is 43.0 Å². The van der Waals surface area contributed by atoms with Crippen LogP contribution in [0.25, 0.3) is 0 Å².